The van der Waals surface area contributed by atoms with E-state index in [2.05, 4.69) is 17.6 Å². The van der Waals surface area contributed by atoms with Crippen LogP contribution in [0.25, 0.3) is 0 Å². The van der Waals surface area contributed by atoms with Crippen LogP contribution in [0.2, 0.25) is 0 Å². The van der Waals surface area contributed by atoms with Crippen LogP contribution in [0.5, 0.6) is 0 Å². The number of ether oxygens (including phenoxy) is 2. The van der Waals surface area contributed by atoms with Crippen molar-refractivity contribution in [1.82, 2.24) is 10.2 Å². The molecule has 1 aromatic heterocycles. The number of nitrogens with one attached hydrogen (secondary N) is 2. The molecule has 0 bridgehead atoms. The van der Waals surface area contributed by atoms with Crippen molar-refractivity contribution < 1.29 is 33.4 Å². The standard InChI is InChI=1S/C23H31N3O7S/c1-5-23(6-2)21(30)26(22(31)25-23)11-17(28)33-12-16(27)24-19-18(20(29)32-7-3)14-9-8-13(4)10-15(14)34-19/h13H,5-12H2,1-4H3,(H,24,27)(H,25,31)/t13-/m1/s1. The van der Waals surface area contributed by atoms with Gasteiger partial charge in [-0.2, -0.15) is 0 Å². The number of anilines is 1. The first-order chi connectivity index (χ1) is 16.2. The van der Waals surface area contributed by atoms with Crippen LogP contribution in [0, 0.1) is 5.92 Å². The number of carbonyl (C=O) groups is 5. The fraction of sp³-hybridized carbons (Fsp3) is 0.609. The van der Waals surface area contributed by atoms with Gasteiger partial charge in [0.1, 0.15) is 17.1 Å². The van der Waals surface area contributed by atoms with Crippen molar-refractivity contribution in [2.45, 2.75) is 65.3 Å². The maximum atomic E-state index is 12.6. The Morgan fingerprint density at radius 2 is 1.88 bits per heavy atom. The molecular formula is C23H31N3O7S. The molecule has 3 rings (SSSR count). The van der Waals surface area contributed by atoms with Crippen LogP contribution in [0.1, 0.15) is 67.8 Å². The lowest BCUT2D eigenvalue weighted by molar-refractivity contribution is -0.150. The van der Waals surface area contributed by atoms with E-state index in [0.29, 0.717) is 29.3 Å². The van der Waals surface area contributed by atoms with E-state index in [-0.39, 0.29) is 6.61 Å². The number of amides is 4. The Bertz CT molecular complexity index is 999. The number of esters is 2. The van der Waals surface area contributed by atoms with Gasteiger partial charge in [0.05, 0.1) is 12.2 Å². The molecule has 0 radical (unpaired) electrons. The molecule has 0 unspecified atom stereocenters. The second kappa shape index (κ2) is 10.5. The molecule has 0 saturated carbocycles. The summed E-state index contributed by atoms with van der Waals surface area (Å²) in [5, 5.41) is 5.67. The first kappa shape index (κ1) is 25.7. The van der Waals surface area contributed by atoms with E-state index in [1.807, 2.05) is 0 Å². The highest BCUT2D eigenvalue weighted by molar-refractivity contribution is 7.17. The van der Waals surface area contributed by atoms with Crippen molar-refractivity contribution in [2.24, 2.45) is 5.92 Å². The predicted molar refractivity (Wildman–Crippen MR) is 125 cm³/mol. The molecule has 1 aliphatic heterocycles. The van der Waals surface area contributed by atoms with E-state index in [1.165, 1.54) is 11.3 Å². The van der Waals surface area contributed by atoms with E-state index in [0.717, 1.165) is 34.6 Å². The van der Waals surface area contributed by atoms with Gasteiger partial charge in [0.15, 0.2) is 6.61 Å². The highest BCUT2D eigenvalue weighted by atomic mass is 32.1. The summed E-state index contributed by atoms with van der Waals surface area (Å²) in [6.45, 7) is 6.43. The van der Waals surface area contributed by atoms with E-state index in [1.54, 1.807) is 20.8 Å². The van der Waals surface area contributed by atoms with E-state index < -0.39 is 48.5 Å². The van der Waals surface area contributed by atoms with Crippen LogP contribution in [-0.2, 0) is 36.7 Å². The summed E-state index contributed by atoms with van der Waals surface area (Å²) in [5.41, 5.74) is 0.250. The van der Waals surface area contributed by atoms with Gasteiger partial charge in [0.2, 0.25) is 0 Å². The Morgan fingerprint density at radius 1 is 1.18 bits per heavy atom. The van der Waals surface area contributed by atoms with Crippen molar-refractivity contribution >= 4 is 46.1 Å². The SMILES string of the molecule is CCOC(=O)c1c(NC(=O)COC(=O)CN2C(=O)NC(CC)(CC)C2=O)sc2c1CC[C@@H](C)C2. The number of thiophene rings is 1. The van der Waals surface area contributed by atoms with E-state index >= 15 is 0 Å². The normalized spacial score (nSPS) is 18.8. The molecule has 186 valence electrons. The topological polar surface area (TPSA) is 131 Å². The zero-order valence-corrected chi connectivity index (χ0v) is 20.8. The molecule has 1 saturated heterocycles. The van der Waals surface area contributed by atoms with Gasteiger partial charge in [-0.25, -0.2) is 9.59 Å². The van der Waals surface area contributed by atoms with Crippen LogP contribution < -0.4 is 10.6 Å². The molecule has 34 heavy (non-hydrogen) atoms. The number of imide groups is 1. The van der Waals surface area contributed by atoms with Crippen LogP contribution >= 0.6 is 11.3 Å². The maximum Gasteiger partial charge on any atom is 0.341 e. The minimum Gasteiger partial charge on any atom is -0.462 e. The first-order valence-electron chi connectivity index (χ1n) is 11.6. The van der Waals surface area contributed by atoms with Gasteiger partial charge < -0.3 is 20.1 Å². The smallest absolute Gasteiger partial charge is 0.341 e. The Labute approximate surface area is 202 Å². The van der Waals surface area contributed by atoms with Gasteiger partial charge in [0, 0.05) is 4.88 Å². The third-order valence-electron chi connectivity index (χ3n) is 6.35. The lowest BCUT2D eigenvalue weighted by Gasteiger charge is -2.22. The molecule has 0 spiro atoms. The molecule has 1 atom stereocenters. The molecule has 1 aliphatic carbocycles. The summed E-state index contributed by atoms with van der Waals surface area (Å²) in [6.07, 6.45) is 3.29. The number of carbonyl (C=O) groups excluding carboxylic acids is 5. The van der Waals surface area contributed by atoms with Crippen molar-refractivity contribution in [2.75, 3.05) is 25.1 Å². The minimum absolute atomic E-state index is 0.213. The zero-order valence-electron chi connectivity index (χ0n) is 19.9. The number of hydrogen-bond acceptors (Lipinski definition) is 8. The second-order valence-electron chi connectivity index (χ2n) is 8.60. The van der Waals surface area contributed by atoms with Gasteiger partial charge in [-0.1, -0.05) is 20.8 Å². The van der Waals surface area contributed by atoms with Crippen molar-refractivity contribution in [3.05, 3.63) is 16.0 Å². The van der Waals surface area contributed by atoms with Gasteiger partial charge in [-0.3, -0.25) is 19.3 Å². The monoisotopic (exact) mass is 493 g/mol. The highest BCUT2D eigenvalue weighted by Crippen LogP contribution is 2.40. The number of urea groups is 1. The summed E-state index contributed by atoms with van der Waals surface area (Å²) in [7, 11) is 0. The Balaban J connectivity index is 1.62. The molecule has 1 aromatic rings. The number of rotatable bonds is 9. The first-order valence-corrected chi connectivity index (χ1v) is 12.4. The Hall–Kier alpha value is -2.95. The molecule has 10 nitrogen and oxygen atoms in total. The lowest BCUT2D eigenvalue weighted by atomic mass is 9.88. The average molecular weight is 494 g/mol. The number of fused-ring (bicyclic) bond motifs is 1. The highest BCUT2D eigenvalue weighted by Gasteiger charge is 2.49. The molecule has 4 amide bonds. The van der Waals surface area contributed by atoms with Crippen molar-refractivity contribution in [3.63, 3.8) is 0 Å². The van der Waals surface area contributed by atoms with Gasteiger partial charge in [0.25, 0.3) is 11.8 Å². The largest absolute Gasteiger partial charge is 0.462 e. The minimum atomic E-state index is -1.02. The van der Waals surface area contributed by atoms with Gasteiger partial charge in [-0.05, 0) is 50.5 Å². The molecule has 2 N–H and O–H groups in total. The Morgan fingerprint density at radius 3 is 2.50 bits per heavy atom. The van der Waals surface area contributed by atoms with E-state index in [4.69, 9.17) is 9.47 Å². The third kappa shape index (κ3) is 5.08. The molecule has 2 heterocycles. The zero-order chi connectivity index (χ0) is 25.0. The summed E-state index contributed by atoms with van der Waals surface area (Å²) in [5.74, 6) is -2.00. The molecule has 11 heteroatoms. The van der Waals surface area contributed by atoms with Crippen LogP contribution in [-0.4, -0.2) is 60.0 Å². The fourth-order valence-corrected chi connectivity index (χ4v) is 5.71. The van der Waals surface area contributed by atoms with Crippen molar-refractivity contribution in [3.8, 4) is 0 Å². The number of nitrogens with zero attached hydrogens (tertiary/aromatic N) is 1. The lowest BCUT2D eigenvalue weighted by Crippen LogP contribution is -2.46. The van der Waals surface area contributed by atoms with Gasteiger partial charge >= 0.3 is 18.0 Å². The Kier molecular flexibility index (Phi) is 7.96. The van der Waals surface area contributed by atoms with Crippen LogP contribution in [0.15, 0.2) is 0 Å². The van der Waals surface area contributed by atoms with Crippen LogP contribution in [0.4, 0.5) is 9.80 Å². The second-order valence-corrected chi connectivity index (χ2v) is 9.70. The number of hydrogen-bond donors (Lipinski definition) is 2. The van der Waals surface area contributed by atoms with Crippen molar-refractivity contribution in [1.29, 1.82) is 0 Å². The van der Waals surface area contributed by atoms with E-state index in [9.17, 15) is 24.0 Å². The van der Waals surface area contributed by atoms with Crippen LogP contribution in [0.3, 0.4) is 0 Å². The summed E-state index contributed by atoms with van der Waals surface area (Å²) >= 11 is 1.33. The predicted octanol–water partition coefficient (Wildman–Crippen LogP) is 2.64. The fourth-order valence-electron chi connectivity index (χ4n) is 4.29. The molecular weight excluding hydrogens is 462 g/mol. The maximum absolute atomic E-state index is 12.6. The molecule has 1 fully saturated rings. The molecule has 2 aliphatic rings. The summed E-state index contributed by atoms with van der Waals surface area (Å²) < 4.78 is 10.2. The third-order valence-corrected chi connectivity index (χ3v) is 7.52. The van der Waals surface area contributed by atoms with Gasteiger partial charge in [-0.15, -0.1) is 11.3 Å². The average Bonchev–Trinajstić information content (AvgIpc) is 3.26. The quantitative estimate of drug-likeness (QED) is 0.399. The summed E-state index contributed by atoms with van der Waals surface area (Å²) in [4.78, 5) is 63.9. The molecule has 0 aromatic carbocycles. The summed E-state index contributed by atoms with van der Waals surface area (Å²) in [6, 6.07) is -0.660.